The average molecular weight is 335 g/mol. The Kier molecular flexibility index (Phi) is 13.9. The molecule has 0 saturated carbocycles. The lowest BCUT2D eigenvalue weighted by atomic mass is 10.0. The summed E-state index contributed by atoms with van der Waals surface area (Å²) >= 11 is 0. The zero-order valence-corrected chi connectivity index (χ0v) is 16.5. The Hall–Kier alpha value is -0.790. The molecule has 0 radical (unpaired) electrons. The molecule has 0 amide bonds. The van der Waals surface area contributed by atoms with Crippen molar-refractivity contribution in [1.82, 2.24) is 9.97 Å². The van der Waals surface area contributed by atoms with E-state index in [0.717, 1.165) is 17.9 Å². The second-order valence-electron chi connectivity index (χ2n) is 7.54. The first kappa shape index (κ1) is 21.3. The SMILES string of the molecule is CCCCCCCCCCCCCCCCCCc1nc(C)c[nH]1. The summed E-state index contributed by atoms with van der Waals surface area (Å²) < 4.78 is 0. The van der Waals surface area contributed by atoms with E-state index in [2.05, 4.69) is 16.9 Å². The van der Waals surface area contributed by atoms with Crippen LogP contribution in [0.25, 0.3) is 0 Å². The summed E-state index contributed by atoms with van der Waals surface area (Å²) in [5.74, 6) is 1.16. The number of hydrogen-bond donors (Lipinski definition) is 1. The number of aryl methyl sites for hydroxylation is 2. The predicted octanol–water partition coefficient (Wildman–Crippen LogP) is 7.52. The van der Waals surface area contributed by atoms with Gasteiger partial charge in [0.1, 0.15) is 5.82 Å². The topological polar surface area (TPSA) is 28.7 Å². The number of hydrogen-bond acceptors (Lipinski definition) is 1. The van der Waals surface area contributed by atoms with Gasteiger partial charge in [-0.05, 0) is 13.3 Å². The molecule has 1 heterocycles. The number of imidazole rings is 1. The Morgan fingerprint density at radius 2 is 1.08 bits per heavy atom. The van der Waals surface area contributed by atoms with Gasteiger partial charge in [-0.1, -0.05) is 103 Å². The zero-order valence-electron chi connectivity index (χ0n) is 16.5. The third kappa shape index (κ3) is 12.6. The van der Waals surface area contributed by atoms with Crippen molar-refractivity contribution in [2.45, 2.75) is 123 Å². The quantitative estimate of drug-likeness (QED) is 0.293. The van der Waals surface area contributed by atoms with Crippen molar-refractivity contribution in [1.29, 1.82) is 0 Å². The molecule has 2 heteroatoms. The van der Waals surface area contributed by atoms with E-state index in [1.54, 1.807) is 0 Å². The Labute approximate surface area is 151 Å². The Balaban J connectivity index is 1.70. The molecule has 140 valence electrons. The fraction of sp³-hybridized carbons (Fsp3) is 0.864. The molecule has 0 unspecified atom stereocenters. The predicted molar refractivity (Wildman–Crippen MR) is 107 cm³/mol. The largest absolute Gasteiger partial charge is 0.348 e. The molecule has 1 aromatic rings. The Morgan fingerprint density at radius 3 is 1.46 bits per heavy atom. The highest BCUT2D eigenvalue weighted by atomic mass is 14.9. The third-order valence-electron chi connectivity index (χ3n) is 5.03. The normalized spacial score (nSPS) is 11.2. The molecule has 2 nitrogen and oxygen atoms in total. The monoisotopic (exact) mass is 334 g/mol. The van der Waals surface area contributed by atoms with Crippen molar-refractivity contribution in [2.75, 3.05) is 0 Å². The molecule has 1 rings (SSSR count). The fourth-order valence-electron chi connectivity index (χ4n) is 3.43. The highest BCUT2D eigenvalue weighted by molar-refractivity contribution is 4.98. The maximum absolute atomic E-state index is 4.46. The molecule has 0 fully saturated rings. The van der Waals surface area contributed by atoms with Gasteiger partial charge in [-0.15, -0.1) is 0 Å². The van der Waals surface area contributed by atoms with Gasteiger partial charge in [0, 0.05) is 12.6 Å². The van der Waals surface area contributed by atoms with Gasteiger partial charge in [0.15, 0.2) is 0 Å². The van der Waals surface area contributed by atoms with Gasteiger partial charge in [-0.2, -0.15) is 0 Å². The van der Waals surface area contributed by atoms with E-state index in [4.69, 9.17) is 0 Å². The number of nitrogens with one attached hydrogen (secondary N) is 1. The zero-order chi connectivity index (χ0) is 17.3. The van der Waals surface area contributed by atoms with Crippen LogP contribution in [-0.2, 0) is 6.42 Å². The second-order valence-corrected chi connectivity index (χ2v) is 7.54. The maximum Gasteiger partial charge on any atom is 0.106 e. The van der Waals surface area contributed by atoms with Gasteiger partial charge in [0.25, 0.3) is 0 Å². The van der Waals surface area contributed by atoms with Crippen LogP contribution in [-0.4, -0.2) is 9.97 Å². The number of H-pyrrole nitrogens is 1. The molecule has 1 N–H and O–H groups in total. The van der Waals surface area contributed by atoms with Gasteiger partial charge in [-0.25, -0.2) is 4.98 Å². The molecule has 0 saturated heterocycles. The number of rotatable bonds is 17. The van der Waals surface area contributed by atoms with Crippen LogP contribution in [0, 0.1) is 6.92 Å². The van der Waals surface area contributed by atoms with E-state index in [0.29, 0.717) is 0 Å². The molecule has 0 aliphatic rings. The van der Waals surface area contributed by atoms with E-state index in [1.165, 1.54) is 103 Å². The minimum absolute atomic E-state index is 1.11. The number of nitrogens with zero attached hydrogens (tertiary/aromatic N) is 1. The number of unbranched alkanes of at least 4 members (excludes halogenated alkanes) is 15. The van der Waals surface area contributed by atoms with Crippen molar-refractivity contribution in [3.05, 3.63) is 17.7 Å². The van der Waals surface area contributed by atoms with Crippen LogP contribution in [0.1, 0.15) is 121 Å². The first-order valence-electron chi connectivity index (χ1n) is 10.8. The van der Waals surface area contributed by atoms with Crippen LogP contribution < -0.4 is 0 Å². The van der Waals surface area contributed by atoms with Crippen LogP contribution in [0.4, 0.5) is 0 Å². The van der Waals surface area contributed by atoms with Crippen molar-refractivity contribution in [3.63, 3.8) is 0 Å². The van der Waals surface area contributed by atoms with Crippen LogP contribution >= 0.6 is 0 Å². The van der Waals surface area contributed by atoms with E-state index in [-0.39, 0.29) is 0 Å². The van der Waals surface area contributed by atoms with Gasteiger partial charge in [0.05, 0.1) is 5.69 Å². The standard InChI is InChI=1S/C22H42N2/c1-3-4-5-6-7-8-9-10-11-12-13-14-15-16-17-18-19-22-23-20-21(2)24-22/h20H,3-19H2,1-2H3,(H,23,24). The fourth-order valence-corrected chi connectivity index (χ4v) is 3.43. The highest BCUT2D eigenvalue weighted by Crippen LogP contribution is 2.14. The van der Waals surface area contributed by atoms with Gasteiger partial charge < -0.3 is 4.98 Å². The summed E-state index contributed by atoms with van der Waals surface area (Å²) in [5.41, 5.74) is 1.11. The minimum Gasteiger partial charge on any atom is -0.348 e. The lowest BCUT2D eigenvalue weighted by Gasteiger charge is -2.03. The Bertz CT molecular complexity index is 370. The molecule has 24 heavy (non-hydrogen) atoms. The average Bonchev–Trinajstić information content (AvgIpc) is 3.00. The van der Waals surface area contributed by atoms with E-state index >= 15 is 0 Å². The Morgan fingerprint density at radius 1 is 0.667 bits per heavy atom. The lowest BCUT2D eigenvalue weighted by molar-refractivity contribution is 0.529. The molecule has 0 bridgehead atoms. The van der Waals surface area contributed by atoms with Gasteiger partial charge >= 0.3 is 0 Å². The highest BCUT2D eigenvalue weighted by Gasteiger charge is 1.98. The first-order chi connectivity index (χ1) is 11.8. The molecule has 0 aliphatic carbocycles. The molecule has 0 spiro atoms. The van der Waals surface area contributed by atoms with Gasteiger partial charge in [0.2, 0.25) is 0 Å². The smallest absolute Gasteiger partial charge is 0.106 e. The van der Waals surface area contributed by atoms with E-state index < -0.39 is 0 Å². The third-order valence-corrected chi connectivity index (χ3v) is 5.03. The summed E-state index contributed by atoms with van der Waals surface area (Å²) in [6.07, 6.45) is 26.0. The van der Waals surface area contributed by atoms with Crippen LogP contribution in [0.3, 0.4) is 0 Å². The molecule has 0 aromatic carbocycles. The summed E-state index contributed by atoms with van der Waals surface area (Å²) in [4.78, 5) is 7.71. The van der Waals surface area contributed by atoms with Crippen molar-refractivity contribution >= 4 is 0 Å². The van der Waals surface area contributed by atoms with E-state index in [9.17, 15) is 0 Å². The van der Waals surface area contributed by atoms with Crippen molar-refractivity contribution in [3.8, 4) is 0 Å². The van der Waals surface area contributed by atoms with Crippen LogP contribution in [0.5, 0.6) is 0 Å². The maximum atomic E-state index is 4.46. The summed E-state index contributed by atoms with van der Waals surface area (Å²) in [5, 5.41) is 0. The first-order valence-corrected chi connectivity index (χ1v) is 10.8. The second kappa shape index (κ2) is 15.7. The summed E-state index contributed by atoms with van der Waals surface area (Å²) in [6.45, 7) is 4.34. The number of aromatic amines is 1. The van der Waals surface area contributed by atoms with Gasteiger partial charge in [-0.3, -0.25) is 0 Å². The minimum atomic E-state index is 1.11. The number of aromatic nitrogens is 2. The molecule has 0 atom stereocenters. The van der Waals surface area contributed by atoms with Crippen LogP contribution in [0.15, 0.2) is 6.20 Å². The molecular formula is C22H42N2. The summed E-state index contributed by atoms with van der Waals surface area (Å²) in [6, 6.07) is 0. The van der Waals surface area contributed by atoms with Crippen molar-refractivity contribution < 1.29 is 0 Å². The molecule has 1 aromatic heterocycles. The molecular weight excluding hydrogens is 292 g/mol. The lowest BCUT2D eigenvalue weighted by Crippen LogP contribution is -1.89. The van der Waals surface area contributed by atoms with Crippen molar-refractivity contribution in [2.24, 2.45) is 0 Å². The summed E-state index contributed by atoms with van der Waals surface area (Å²) in [7, 11) is 0. The van der Waals surface area contributed by atoms with E-state index in [1.807, 2.05) is 13.1 Å². The van der Waals surface area contributed by atoms with Crippen LogP contribution in [0.2, 0.25) is 0 Å². The molecule has 0 aliphatic heterocycles.